The van der Waals surface area contributed by atoms with E-state index in [1.807, 2.05) is 0 Å². The zero-order valence-electron chi connectivity index (χ0n) is 18.5. The maximum absolute atomic E-state index is 13.7. The van der Waals surface area contributed by atoms with Crippen molar-refractivity contribution in [1.29, 1.82) is 0 Å². The summed E-state index contributed by atoms with van der Waals surface area (Å²) >= 11 is 0. The van der Waals surface area contributed by atoms with Crippen molar-refractivity contribution >= 4 is 18.7 Å². The Kier molecular flexibility index (Phi) is 5.47. The number of carbonyl (C=O) groups excluding carboxylic acids is 1. The first-order valence-electron chi connectivity index (χ1n) is 10.0. The summed E-state index contributed by atoms with van der Waals surface area (Å²) in [5, 5.41) is 0. The van der Waals surface area contributed by atoms with Crippen LogP contribution in [-0.2, 0) is 20.2 Å². The summed E-state index contributed by atoms with van der Waals surface area (Å²) in [5.41, 5.74) is -2.18. The van der Waals surface area contributed by atoms with Gasteiger partial charge in [0.05, 0.1) is 16.8 Å². The molecule has 2 heterocycles. The molecule has 0 atom stereocenters. The molecule has 9 heteroatoms. The molecule has 1 aromatic carbocycles. The van der Waals surface area contributed by atoms with Crippen LogP contribution in [0.2, 0.25) is 0 Å². The van der Waals surface area contributed by atoms with Gasteiger partial charge in [-0.2, -0.15) is 13.2 Å². The quantitative estimate of drug-likeness (QED) is 0.659. The van der Waals surface area contributed by atoms with E-state index in [9.17, 15) is 18.0 Å². The number of carbonyl (C=O) groups is 1. The van der Waals surface area contributed by atoms with Crippen LogP contribution in [0.5, 0.6) is 0 Å². The van der Waals surface area contributed by atoms with E-state index in [1.54, 1.807) is 53.4 Å². The summed E-state index contributed by atoms with van der Waals surface area (Å²) in [6.07, 6.45) is -4.95. The lowest BCUT2D eigenvalue weighted by Gasteiger charge is -2.40. The Morgan fingerprint density at radius 3 is 2.10 bits per heavy atom. The van der Waals surface area contributed by atoms with E-state index >= 15 is 0 Å². The molecule has 1 aromatic rings. The Labute approximate surface area is 176 Å². The van der Waals surface area contributed by atoms with Gasteiger partial charge in [-0.15, -0.1) is 0 Å². The molecule has 2 aliphatic heterocycles. The molecule has 2 aliphatic rings. The lowest BCUT2D eigenvalue weighted by atomic mass is 9.73. The summed E-state index contributed by atoms with van der Waals surface area (Å²) in [7, 11) is -1.12. The molecule has 30 heavy (non-hydrogen) atoms. The van der Waals surface area contributed by atoms with Crippen molar-refractivity contribution in [1.82, 2.24) is 4.90 Å². The molecule has 0 aliphatic carbocycles. The monoisotopic (exact) mass is 427 g/mol. The van der Waals surface area contributed by atoms with Crippen molar-refractivity contribution in [2.45, 2.75) is 77.4 Å². The highest BCUT2D eigenvalue weighted by Gasteiger charge is 2.54. The third-order valence-corrected chi connectivity index (χ3v) is 5.89. The molecular weight excluding hydrogens is 398 g/mol. The average molecular weight is 427 g/mol. The van der Waals surface area contributed by atoms with Gasteiger partial charge in [-0.1, -0.05) is 18.2 Å². The first-order valence-corrected chi connectivity index (χ1v) is 10.0. The normalized spacial score (nSPS) is 21.5. The third-order valence-electron chi connectivity index (χ3n) is 5.89. The predicted octanol–water partition coefficient (Wildman–Crippen LogP) is 4.34. The van der Waals surface area contributed by atoms with Gasteiger partial charge in [0.2, 0.25) is 0 Å². The molecule has 2 saturated heterocycles. The molecule has 1 amide bonds. The summed E-state index contributed by atoms with van der Waals surface area (Å²) in [4.78, 5) is 13.7. The maximum Gasteiger partial charge on any atom is 0.495 e. The van der Waals surface area contributed by atoms with Gasteiger partial charge in [-0.05, 0) is 59.5 Å². The van der Waals surface area contributed by atoms with Gasteiger partial charge in [-0.25, -0.2) is 4.79 Å². The Morgan fingerprint density at radius 2 is 1.63 bits per heavy atom. The number of ether oxygens (including phenoxy) is 1. The van der Waals surface area contributed by atoms with Crippen LogP contribution < -0.4 is 5.46 Å². The summed E-state index contributed by atoms with van der Waals surface area (Å²) < 4.78 is 58.1. The van der Waals surface area contributed by atoms with Crippen LogP contribution in [-0.4, -0.2) is 48.0 Å². The lowest BCUT2D eigenvalue weighted by molar-refractivity contribution is -0.136. The second kappa shape index (κ2) is 7.16. The van der Waals surface area contributed by atoms with Crippen LogP contribution in [0.15, 0.2) is 18.2 Å². The molecule has 0 unspecified atom stereocenters. The predicted molar refractivity (Wildman–Crippen MR) is 108 cm³/mol. The largest absolute Gasteiger partial charge is 0.495 e. The van der Waals surface area contributed by atoms with Crippen molar-refractivity contribution in [2.24, 2.45) is 0 Å². The highest BCUT2D eigenvalue weighted by Crippen LogP contribution is 2.39. The molecule has 0 aromatic heterocycles. The summed E-state index contributed by atoms with van der Waals surface area (Å²) in [6, 6.07) is 4.04. The van der Waals surface area contributed by atoms with Gasteiger partial charge in [0.1, 0.15) is 5.60 Å². The SMILES string of the molecule is CC(C)(C)OC(=O)N1CC(c2ccc(C(F)(F)F)c(B3OC(C)(C)C(C)(C)O3)c2)C1. The van der Waals surface area contributed by atoms with Crippen LogP contribution in [0.3, 0.4) is 0 Å². The lowest BCUT2D eigenvalue weighted by Crippen LogP contribution is -2.50. The molecule has 166 valence electrons. The minimum Gasteiger partial charge on any atom is -0.444 e. The number of halogens is 3. The number of alkyl halides is 3. The molecule has 2 fully saturated rings. The average Bonchev–Trinajstić information content (AvgIpc) is 2.71. The molecular formula is C21H29BF3NO4. The van der Waals surface area contributed by atoms with E-state index in [-0.39, 0.29) is 11.4 Å². The van der Waals surface area contributed by atoms with Gasteiger partial charge >= 0.3 is 19.4 Å². The van der Waals surface area contributed by atoms with Crippen molar-refractivity contribution in [3.05, 3.63) is 29.3 Å². The van der Waals surface area contributed by atoms with Gasteiger partial charge in [-0.3, -0.25) is 0 Å². The maximum atomic E-state index is 13.7. The van der Waals surface area contributed by atoms with E-state index in [2.05, 4.69) is 0 Å². The highest BCUT2D eigenvalue weighted by molar-refractivity contribution is 6.62. The van der Waals surface area contributed by atoms with Crippen LogP contribution in [0.25, 0.3) is 0 Å². The van der Waals surface area contributed by atoms with E-state index in [1.165, 1.54) is 12.1 Å². The fourth-order valence-electron chi connectivity index (χ4n) is 3.42. The van der Waals surface area contributed by atoms with Crippen molar-refractivity contribution in [3.8, 4) is 0 Å². The molecule has 0 bridgehead atoms. The van der Waals surface area contributed by atoms with Crippen molar-refractivity contribution < 1.29 is 32.0 Å². The van der Waals surface area contributed by atoms with E-state index in [0.717, 1.165) is 6.07 Å². The number of rotatable bonds is 2. The smallest absolute Gasteiger partial charge is 0.444 e. The Balaban J connectivity index is 1.83. The standard InChI is InChI=1S/C21H29BF3NO4/c1-18(2,3)28-17(27)26-11-14(12-26)13-8-9-15(21(23,24)25)16(10-13)22-29-19(4,5)20(6,7)30-22/h8-10,14H,11-12H2,1-7H3. The zero-order valence-corrected chi connectivity index (χ0v) is 18.5. The number of benzene rings is 1. The Hall–Kier alpha value is -1.74. The minimum atomic E-state index is -4.53. The summed E-state index contributed by atoms with van der Waals surface area (Å²) in [6.45, 7) is 13.3. The van der Waals surface area contributed by atoms with Crippen molar-refractivity contribution in [2.75, 3.05) is 13.1 Å². The van der Waals surface area contributed by atoms with Gasteiger partial charge in [0.15, 0.2) is 0 Å². The highest BCUT2D eigenvalue weighted by atomic mass is 19.4. The van der Waals surface area contributed by atoms with Crippen LogP contribution in [0.4, 0.5) is 18.0 Å². The minimum absolute atomic E-state index is 0.0330. The molecule has 0 radical (unpaired) electrons. The van der Waals surface area contributed by atoms with Crippen LogP contribution in [0.1, 0.15) is 65.5 Å². The van der Waals surface area contributed by atoms with Crippen LogP contribution >= 0.6 is 0 Å². The Bertz CT molecular complexity index is 811. The van der Waals surface area contributed by atoms with E-state index in [0.29, 0.717) is 18.7 Å². The fraction of sp³-hybridized carbons (Fsp3) is 0.667. The number of amides is 1. The second-order valence-corrected chi connectivity index (χ2v) is 10.0. The number of hydrogen-bond acceptors (Lipinski definition) is 4. The first-order chi connectivity index (χ1) is 13.5. The molecule has 0 N–H and O–H groups in total. The van der Waals surface area contributed by atoms with Crippen molar-refractivity contribution in [3.63, 3.8) is 0 Å². The third kappa shape index (κ3) is 4.47. The molecule has 3 rings (SSSR count). The number of nitrogens with zero attached hydrogens (tertiary/aromatic N) is 1. The number of hydrogen-bond donors (Lipinski definition) is 0. The second-order valence-electron chi connectivity index (χ2n) is 10.0. The first kappa shape index (κ1) is 22.9. The Morgan fingerprint density at radius 1 is 1.10 bits per heavy atom. The molecule has 5 nitrogen and oxygen atoms in total. The number of likely N-dealkylation sites (tertiary alicyclic amines) is 1. The van der Waals surface area contributed by atoms with Crippen LogP contribution in [0, 0.1) is 0 Å². The molecule has 0 spiro atoms. The topological polar surface area (TPSA) is 48.0 Å². The van der Waals surface area contributed by atoms with E-state index < -0.39 is 41.8 Å². The van der Waals surface area contributed by atoms with Gasteiger partial charge in [0, 0.05) is 19.0 Å². The summed E-state index contributed by atoms with van der Waals surface area (Å²) in [5.74, 6) is -0.0685. The van der Waals surface area contributed by atoms with Gasteiger partial charge in [0.25, 0.3) is 0 Å². The van der Waals surface area contributed by atoms with Gasteiger partial charge < -0.3 is 18.9 Å². The van der Waals surface area contributed by atoms with E-state index in [4.69, 9.17) is 14.0 Å². The zero-order chi connectivity index (χ0) is 22.7. The fourth-order valence-corrected chi connectivity index (χ4v) is 3.42. The molecule has 0 saturated carbocycles.